The minimum absolute atomic E-state index is 0.113. The van der Waals surface area contributed by atoms with Gasteiger partial charge in [0.1, 0.15) is 0 Å². The lowest BCUT2D eigenvalue weighted by Crippen LogP contribution is -2.24. The summed E-state index contributed by atoms with van der Waals surface area (Å²) in [6.07, 6.45) is 1.46. The zero-order valence-corrected chi connectivity index (χ0v) is 17.5. The van der Waals surface area contributed by atoms with Gasteiger partial charge in [-0.2, -0.15) is 0 Å². The minimum atomic E-state index is -3.35. The van der Waals surface area contributed by atoms with Crippen molar-refractivity contribution in [2.24, 2.45) is 0 Å². The highest BCUT2D eigenvalue weighted by Crippen LogP contribution is 2.35. The van der Waals surface area contributed by atoms with Crippen molar-refractivity contribution in [2.45, 2.75) is 32.7 Å². The third kappa shape index (κ3) is 7.45. The van der Waals surface area contributed by atoms with Crippen molar-refractivity contribution >= 4 is 63.5 Å². The highest BCUT2D eigenvalue weighted by atomic mass is 79.9. The molecule has 0 spiro atoms. The van der Waals surface area contributed by atoms with Gasteiger partial charge in [0.25, 0.3) is 0 Å². The predicted octanol–water partition coefficient (Wildman–Crippen LogP) is 4.49. The predicted molar refractivity (Wildman–Crippen MR) is 99.3 cm³/mol. The van der Waals surface area contributed by atoms with Crippen LogP contribution in [-0.4, -0.2) is 26.8 Å². The van der Waals surface area contributed by atoms with Gasteiger partial charge in [0.2, 0.25) is 10.0 Å². The van der Waals surface area contributed by atoms with Gasteiger partial charge in [-0.3, -0.25) is 4.72 Å². The molecule has 0 aromatic heterocycles. The molecule has 2 N–H and O–H groups in total. The summed E-state index contributed by atoms with van der Waals surface area (Å²) in [6.45, 7) is 4.97. The van der Waals surface area contributed by atoms with Crippen LogP contribution in [0, 0.1) is 0 Å². The van der Waals surface area contributed by atoms with E-state index in [-0.39, 0.29) is 5.75 Å². The summed E-state index contributed by atoms with van der Waals surface area (Å²) in [5, 5.41) is 3.27. The van der Waals surface area contributed by atoms with Gasteiger partial charge in [0.15, 0.2) is 0 Å². The van der Waals surface area contributed by atoms with Gasteiger partial charge >= 0.3 is 0 Å². The average Bonchev–Trinajstić information content (AvgIpc) is 2.33. The van der Waals surface area contributed by atoms with E-state index in [2.05, 4.69) is 71.7 Å². The van der Waals surface area contributed by atoms with Gasteiger partial charge in [-0.25, -0.2) is 8.42 Å². The number of nitrogens with one attached hydrogen (secondary N) is 2. The van der Waals surface area contributed by atoms with Crippen molar-refractivity contribution in [3.8, 4) is 0 Å². The van der Waals surface area contributed by atoms with Crippen molar-refractivity contribution in [3.05, 3.63) is 25.6 Å². The Morgan fingerprint density at radius 1 is 1.10 bits per heavy atom. The van der Waals surface area contributed by atoms with Crippen molar-refractivity contribution < 1.29 is 8.42 Å². The maximum atomic E-state index is 12.1. The molecule has 4 nitrogen and oxygen atoms in total. The Kier molecular flexibility index (Phi) is 8.19. The molecule has 0 amide bonds. The van der Waals surface area contributed by atoms with E-state index in [1.54, 1.807) is 12.1 Å². The van der Waals surface area contributed by atoms with Crippen LogP contribution in [-0.2, 0) is 10.0 Å². The zero-order chi connectivity index (χ0) is 16.0. The topological polar surface area (TPSA) is 58.2 Å². The van der Waals surface area contributed by atoms with E-state index in [4.69, 9.17) is 0 Å². The molecule has 1 aromatic carbocycles. The first-order valence-electron chi connectivity index (χ1n) is 6.59. The first-order chi connectivity index (χ1) is 9.71. The Balaban J connectivity index is 2.57. The van der Waals surface area contributed by atoms with E-state index in [1.165, 1.54) is 0 Å². The number of hydrogen-bond acceptors (Lipinski definition) is 3. The third-order valence-electron chi connectivity index (χ3n) is 2.66. The first kappa shape index (κ1) is 19.4. The fraction of sp³-hybridized carbons (Fsp3) is 0.538. The molecular weight excluding hydrogens is 488 g/mol. The molecule has 0 atom stereocenters. The van der Waals surface area contributed by atoms with Gasteiger partial charge < -0.3 is 5.32 Å². The smallest absolute Gasteiger partial charge is 0.232 e. The summed E-state index contributed by atoms with van der Waals surface area (Å²) < 4.78 is 29.1. The number of sulfonamides is 1. The molecule has 120 valence electrons. The molecule has 0 fully saturated rings. The Hall–Kier alpha value is 0.370. The van der Waals surface area contributed by atoms with Crippen LogP contribution in [0.4, 0.5) is 5.69 Å². The molecule has 0 heterocycles. The molecule has 8 heteroatoms. The molecule has 0 saturated carbocycles. The van der Waals surface area contributed by atoms with E-state index in [9.17, 15) is 8.42 Å². The van der Waals surface area contributed by atoms with Crippen LogP contribution in [0.2, 0.25) is 0 Å². The molecule has 21 heavy (non-hydrogen) atoms. The lowest BCUT2D eigenvalue weighted by molar-refractivity contribution is 0.561. The van der Waals surface area contributed by atoms with Crippen molar-refractivity contribution in [1.29, 1.82) is 0 Å². The SMILES string of the molecule is CC(C)NCCCCS(=O)(=O)Nc1c(Br)cc(Br)cc1Br. The van der Waals surface area contributed by atoms with Crippen LogP contribution in [0.1, 0.15) is 26.7 Å². The summed E-state index contributed by atoms with van der Waals surface area (Å²) in [6, 6.07) is 4.03. The lowest BCUT2D eigenvalue weighted by atomic mass is 10.3. The van der Waals surface area contributed by atoms with E-state index in [0.717, 1.165) is 17.4 Å². The summed E-state index contributed by atoms with van der Waals surface area (Å²) >= 11 is 10.1. The van der Waals surface area contributed by atoms with Crippen molar-refractivity contribution in [1.82, 2.24) is 5.32 Å². The monoisotopic (exact) mass is 504 g/mol. The Morgan fingerprint density at radius 2 is 1.67 bits per heavy atom. The summed E-state index contributed by atoms with van der Waals surface area (Å²) in [4.78, 5) is 0. The van der Waals surface area contributed by atoms with Gasteiger partial charge in [-0.05, 0) is 63.4 Å². The highest BCUT2D eigenvalue weighted by Gasteiger charge is 2.15. The van der Waals surface area contributed by atoms with Crippen LogP contribution in [0.15, 0.2) is 25.6 Å². The maximum Gasteiger partial charge on any atom is 0.232 e. The molecule has 0 bridgehead atoms. The maximum absolute atomic E-state index is 12.1. The number of benzene rings is 1. The number of unbranched alkanes of at least 4 members (excludes halogenated alkanes) is 1. The van der Waals surface area contributed by atoms with Crippen molar-refractivity contribution in [3.63, 3.8) is 0 Å². The van der Waals surface area contributed by atoms with E-state index >= 15 is 0 Å². The average molecular weight is 507 g/mol. The standard InChI is InChI=1S/C13H19Br3N2O2S/c1-9(2)17-5-3-4-6-21(19,20)18-13-11(15)7-10(14)8-12(13)16/h7-9,17-18H,3-6H2,1-2H3. The zero-order valence-electron chi connectivity index (χ0n) is 11.9. The second kappa shape index (κ2) is 8.86. The Labute approximate surface area is 151 Å². The normalized spacial score (nSPS) is 11.9. The summed E-state index contributed by atoms with van der Waals surface area (Å²) in [7, 11) is -3.35. The number of halogens is 3. The third-order valence-corrected chi connectivity index (χ3v) is 5.71. The summed E-state index contributed by atoms with van der Waals surface area (Å²) in [5.74, 6) is 0.113. The van der Waals surface area contributed by atoms with E-state index in [1.807, 2.05) is 0 Å². The number of hydrogen-bond donors (Lipinski definition) is 2. The van der Waals surface area contributed by atoms with Crippen LogP contribution in [0.25, 0.3) is 0 Å². The quantitative estimate of drug-likeness (QED) is 0.511. The Bertz CT molecular complexity index is 554. The van der Waals surface area contributed by atoms with Gasteiger partial charge in [0.05, 0.1) is 11.4 Å². The largest absolute Gasteiger partial charge is 0.315 e. The van der Waals surface area contributed by atoms with Gasteiger partial charge in [0, 0.05) is 19.5 Å². The highest BCUT2D eigenvalue weighted by molar-refractivity contribution is 9.11. The summed E-state index contributed by atoms with van der Waals surface area (Å²) in [5.41, 5.74) is 0.526. The molecule has 1 rings (SSSR count). The number of rotatable bonds is 8. The van der Waals surface area contributed by atoms with Crippen LogP contribution in [0.5, 0.6) is 0 Å². The fourth-order valence-electron chi connectivity index (χ4n) is 1.65. The van der Waals surface area contributed by atoms with Crippen molar-refractivity contribution in [2.75, 3.05) is 17.0 Å². The molecular formula is C13H19Br3N2O2S. The lowest BCUT2D eigenvalue weighted by Gasteiger charge is -2.12. The van der Waals surface area contributed by atoms with Crippen LogP contribution >= 0.6 is 47.8 Å². The molecule has 0 unspecified atom stereocenters. The van der Waals surface area contributed by atoms with Crippen LogP contribution < -0.4 is 10.0 Å². The number of anilines is 1. The van der Waals surface area contributed by atoms with Gasteiger partial charge in [-0.1, -0.05) is 29.8 Å². The molecule has 1 aromatic rings. The van der Waals surface area contributed by atoms with E-state index in [0.29, 0.717) is 27.1 Å². The molecule has 0 aliphatic heterocycles. The van der Waals surface area contributed by atoms with Crippen LogP contribution in [0.3, 0.4) is 0 Å². The second-order valence-corrected chi connectivity index (χ2v) is 9.45. The molecule has 0 aliphatic rings. The minimum Gasteiger partial charge on any atom is -0.315 e. The molecule has 0 radical (unpaired) electrons. The Morgan fingerprint density at radius 3 is 2.19 bits per heavy atom. The van der Waals surface area contributed by atoms with Gasteiger partial charge in [-0.15, -0.1) is 0 Å². The fourth-order valence-corrected chi connectivity index (χ4v) is 5.59. The van der Waals surface area contributed by atoms with E-state index < -0.39 is 10.0 Å². The molecule has 0 saturated heterocycles. The second-order valence-electron chi connectivity index (χ2n) is 4.98. The molecule has 0 aliphatic carbocycles. The first-order valence-corrected chi connectivity index (χ1v) is 10.6.